The molecule has 1 saturated carbocycles. The normalized spacial score (nSPS) is 26.1. The van der Waals surface area contributed by atoms with Crippen molar-refractivity contribution in [1.82, 2.24) is 9.78 Å². The van der Waals surface area contributed by atoms with Crippen LogP contribution in [0.1, 0.15) is 38.6 Å². The van der Waals surface area contributed by atoms with Crippen LogP contribution in [0.25, 0.3) is 10.9 Å². The molecule has 3 atom stereocenters. The third-order valence-electron chi connectivity index (χ3n) is 4.97. The first-order valence-electron chi connectivity index (χ1n) is 7.91. The van der Waals surface area contributed by atoms with Crippen molar-refractivity contribution in [2.45, 2.75) is 38.6 Å². The van der Waals surface area contributed by atoms with Gasteiger partial charge in [-0.1, -0.05) is 25.5 Å². The van der Waals surface area contributed by atoms with Gasteiger partial charge in [0.15, 0.2) is 0 Å². The highest BCUT2D eigenvalue weighted by atomic mass is 16.1. The first-order chi connectivity index (χ1) is 10.2. The molecule has 2 N–H and O–H groups in total. The third-order valence-corrected chi connectivity index (χ3v) is 4.97. The van der Waals surface area contributed by atoms with E-state index in [1.807, 2.05) is 24.3 Å². The van der Waals surface area contributed by atoms with E-state index in [1.165, 1.54) is 19.0 Å². The number of aromatic nitrogens is 2. The summed E-state index contributed by atoms with van der Waals surface area (Å²) in [5, 5.41) is 5.20. The van der Waals surface area contributed by atoms with Gasteiger partial charge in [-0.25, -0.2) is 0 Å². The Morgan fingerprint density at radius 1 is 1.33 bits per heavy atom. The van der Waals surface area contributed by atoms with Crippen molar-refractivity contribution in [2.24, 2.45) is 17.6 Å². The van der Waals surface area contributed by atoms with Crippen LogP contribution in [0, 0.1) is 11.8 Å². The van der Waals surface area contributed by atoms with Crippen LogP contribution in [0.2, 0.25) is 0 Å². The molecule has 1 aliphatic carbocycles. The van der Waals surface area contributed by atoms with Gasteiger partial charge in [0.2, 0.25) is 5.43 Å². The van der Waals surface area contributed by atoms with E-state index in [0.29, 0.717) is 18.5 Å². The van der Waals surface area contributed by atoms with Crippen LogP contribution in [-0.2, 0) is 0 Å². The fourth-order valence-electron chi connectivity index (χ4n) is 3.63. The summed E-state index contributed by atoms with van der Waals surface area (Å²) in [6.45, 7) is 2.94. The lowest BCUT2D eigenvalue weighted by molar-refractivity contribution is 0.176. The molecule has 1 aromatic heterocycles. The number of benzene rings is 1. The highest BCUT2D eigenvalue weighted by Crippen LogP contribution is 2.38. The molecule has 0 amide bonds. The van der Waals surface area contributed by atoms with Crippen LogP contribution in [0.4, 0.5) is 0 Å². The molecular weight excluding hydrogens is 262 g/mol. The van der Waals surface area contributed by atoms with Crippen LogP contribution in [-0.4, -0.2) is 16.3 Å². The second kappa shape index (κ2) is 5.98. The highest BCUT2D eigenvalue weighted by Gasteiger charge is 2.31. The van der Waals surface area contributed by atoms with Crippen molar-refractivity contribution >= 4 is 10.9 Å². The summed E-state index contributed by atoms with van der Waals surface area (Å²) in [7, 11) is 0. The molecule has 0 saturated heterocycles. The second-order valence-electron chi connectivity index (χ2n) is 6.12. The molecule has 1 aliphatic rings. The van der Waals surface area contributed by atoms with Crippen molar-refractivity contribution in [2.75, 3.05) is 6.54 Å². The van der Waals surface area contributed by atoms with Crippen LogP contribution < -0.4 is 11.2 Å². The topological polar surface area (TPSA) is 60.9 Å². The first-order valence-corrected chi connectivity index (χ1v) is 7.91. The molecule has 0 aliphatic heterocycles. The molecule has 1 heterocycles. The smallest absolute Gasteiger partial charge is 0.207 e. The third kappa shape index (κ3) is 2.60. The lowest BCUT2D eigenvalue weighted by Crippen LogP contribution is -2.34. The standard InChI is InChI=1S/C17H23N3O/c1-2-12-7-8-13(10-18)16(9-12)20-15-6-4-3-5-14(15)17(21)11-19-20/h3-6,11-13,16H,2,7-10,18H2,1H3. The van der Waals surface area contributed by atoms with Crippen molar-refractivity contribution < 1.29 is 0 Å². The SMILES string of the molecule is CCC1CCC(CN)C(n2ncc(=O)c3ccccc32)C1. The predicted molar refractivity (Wildman–Crippen MR) is 85.2 cm³/mol. The minimum absolute atomic E-state index is 0.00556. The lowest BCUT2D eigenvalue weighted by Gasteiger charge is -2.36. The summed E-state index contributed by atoms with van der Waals surface area (Å²) in [5.74, 6) is 1.18. The van der Waals surface area contributed by atoms with E-state index in [1.54, 1.807) is 0 Å². The fourth-order valence-corrected chi connectivity index (χ4v) is 3.63. The Kier molecular flexibility index (Phi) is 4.06. The summed E-state index contributed by atoms with van der Waals surface area (Å²) in [4.78, 5) is 12.0. The minimum Gasteiger partial charge on any atom is -0.330 e. The fraction of sp³-hybridized carbons (Fsp3) is 0.529. The average Bonchev–Trinajstić information content (AvgIpc) is 2.55. The van der Waals surface area contributed by atoms with E-state index < -0.39 is 0 Å². The molecule has 0 spiro atoms. The molecule has 0 radical (unpaired) electrons. The van der Waals surface area contributed by atoms with Crippen molar-refractivity contribution in [3.8, 4) is 0 Å². The van der Waals surface area contributed by atoms with Gasteiger partial charge in [-0.15, -0.1) is 0 Å². The van der Waals surface area contributed by atoms with Gasteiger partial charge < -0.3 is 5.73 Å². The van der Waals surface area contributed by atoms with Crippen LogP contribution in [0.3, 0.4) is 0 Å². The molecular formula is C17H23N3O. The van der Waals surface area contributed by atoms with E-state index in [2.05, 4.69) is 16.7 Å². The van der Waals surface area contributed by atoms with Crippen molar-refractivity contribution in [3.05, 3.63) is 40.7 Å². The Labute approximate surface area is 125 Å². The van der Waals surface area contributed by atoms with Gasteiger partial charge in [0.05, 0.1) is 17.8 Å². The zero-order chi connectivity index (χ0) is 14.8. The predicted octanol–water partition coefficient (Wildman–Crippen LogP) is 2.72. The summed E-state index contributed by atoms with van der Waals surface area (Å²) in [5.41, 5.74) is 6.92. The second-order valence-corrected chi connectivity index (χ2v) is 6.12. The van der Waals surface area contributed by atoms with Crippen LogP contribution in [0.5, 0.6) is 0 Å². The number of fused-ring (bicyclic) bond motifs is 1. The number of hydrogen-bond donors (Lipinski definition) is 1. The molecule has 21 heavy (non-hydrogen) atoms. The molecule has 112 valence electrons. The van der Waals surface area contributed by atoms with Crippen LogP contribution in [0.15, 0.2) is 35.3 Å². The lowest BCUT2D eigenvalue weighted by atomic mass is 9.77. The van der Waals surface area contributed by atoms with E-state index in [-0.39, 0.29) is 5.43 Å². The summed E-state index contributed by atoms with van der Waals surface area (Å²) in [6.07, 6.45) is 6.17. The van der Waals surface area contributed by atoms with Crippen molar-refractivity contribution in [3.63, 3.8) is 0 Å². The zero-order valence-electron chi connectivity index (χ0n) is 12.5. The molecule has 4 nitrogen and oxygen atoms in total. The summed E-state index contributed by atoms with van der Waals surface area (Å²) >= 11 is 0. The first kappa shape index (κ1) is 14.3. The number of nitrogens with two attached hydrogens (primary N) is 1. The van der Waals surface area contributed by atoms with Gasteiger partial charge in [-0.3, -0.25) is 9.48 Å². The Morgan fingerprint density at radius 2 is 2.14 bits per heavy atom. The molecule has 1 aromatic carbocycles. The van der Waals surface area contributed by atoms with E-state index >= 15 is 0 Å². The molecule has 3 unspecified atom stereocenters. The minimum atomic E-state index is -0.00556. The summed E-state index contributed by atoms with van der Waals surface area (Å²) < 4.78 is 2.05. The molecule has 3 rings (SSSR count). The maximum absolute atomic E-state index is 12.0. The van der Waals surface area contributed by atoms with E-state index in [4.69, 9.17) is 5.73 Å². The Bertz CT molecular complexity index is 679. The molecule has 1 fully saturated rings. The average molecular weight is 285 g/mol. The van der Waals surface area contributed by atoms with E-state index in [9.17, 15) is 4.79 Å². The molecule has 2 aromatic rings. The van der Waals surface area contributed by atoms with Gasteiger partial charge in [0.25, 0.3) is 0 Å². The highest BCUT2D eigenvalue weighted by molar-refractivity contribution is 5.78. The summed E-state index contributed by atoms with van der Waals surface area (Å²) in [6, 6.07) is 8.06. The monoisotopic (exact) mass is 285 g/mol. The van der Waals surface area contributed by atoms with Gasteiger partial charge in [-0.05, 0) is 49.8 Å². The number of rotatable bonds is 3. The number of nitrogens with zero attached hydrogens (tertiary/aromatic N) is 2. The van der Waals surface area contributed by atoms with Gasteiger partial charge in [0.1, 0.15) is 0 Å². The van der Waals surface area contributed by atoms with Gasteiger partial charge in [-0.2, -0.15) is 5.10 Å². The van der Waals surface area contributed by atoms with Gasteiger partial charge in [0, 0.05) is 5.39 Å². The quantitative estimate of drug-likeness (QED) is 0.943. The Balaban J connectivity index is 2.09. The number of para-hydroxylation sites is 1. The van der Waals surface area contributed by atoms with E-state index in [0.717, 1.165) is 29.7 Å². The Hall–Kier alpha value is -1.68. The van der Waals surface area contributed by atoms with Crippen LogP contribution >= 0.6 is 0 Å². The van der Waals surface area contributed by atoms with Crippen molar-refractivity contribution in [1.29, 1.82) is 0 Å². The van der Waals surface area contributed by atoms with Gasteiger partial charge >= 0.3 is 0 Å². The maximum Gasteiger partial charge on any atom is 0.207 e. The maximum atomic E-state index is 12.0. The molecule has 4 heteroatoms. The Morgan fingerprint density at radius 3 is 2.90 bits per heavy atom. The number of hydrogen-bond acceptors (Lipinski definition) is 3. The largest absolute Gasteiger partial charge is 0.330 e. The zero-order valence-corrected chi connectivity index (χ0v) is 12.5. The molecule has 0 bridgehead atoms.